The summed E-state index contributed by atoms with van der Waals surface area (Å²) < 4.78 is 4.60. The standard InChI is InChI=1S/C8H13NO3.2C2H6/c1-6(10)9-8(4-3-5-8)7(11)12-2;2*1-2/h3-5H2,1-2H3,(H,9,10);2*1-2H3. The number of nitrogens with one attached hydrogen (secondary N) is 1. The molecule has 0 heterocycles. The van der Waals surface area contributed by atoms with Crippen LogP contribution in [-0.4, -0.2) is 24.5 Å². The number of amides is 1. The van der Waals surface area contributed by atoms with E-state index in [-0.39, 0.29) is 11.9 Å². The topological polar surface area (TPSA) is 55.4 Å². The number of esters is 1. The smallest absolute Gasteiger partial charge is 0.331 e. The van der Waals surface area contributed by atoms with E-state index < -0.39 is 5.54 Å². The van der Waals surface area contributed by atoms with Crippen molar-refractivity contribution in [1.82, 2.24) is 5.32 Å². The Hall–Kier alpha value is -1.06. The molecule has 1 rings (SSSR count). The van der Waals surface area contributed by atoms with Gasteiger partial charge in [0.2, 0.25) is 5.91 Å². The minimum atomic E-state index is -0.708. The zero-order valence-corrected chi connectivity index (χ0v) is 11.3. The maximum atomic E-state index is 11.2. The van der Waals surface area contributed by atoms with Gasteiger partial charge in [-0.1, -0.05) is 27.7 Å². The van der Waals surface area contributed by atoms with Crippen LogP contribution in [0.2, 0.25) is 0 Å². The number of methoxy groups -OCH3 is 1. The van der Waals surface area contributed by atoms with Gasteiger partial charge >= 0.3 is 5.97 Å². The fourth-order valence-corrected chi connectivity index (χ4v) is 1.44. The SMILES string of the molecule is CC.CC.COC(=O)C1(NC(C)=O)CCC1. The number of hydrogen-bond acceptors (Lipinski definition) is 3. The number of rotatable bonds is 2. The molecule has 1 N–H and O–H groups in total. The average Bonchev–Trinajstić information content (AvgIpc) is 2.27. The van der Waals surface area contributed by atoms with Crippen molar-refractivity contribution in [3.8, 4) is 0 Å². The molecule has 1 saturated carbocycles. The van der Waals surface area contributed by atoms with Crippen molar-refractivity contribution in [3.63, 3.8) is 0 Å². The Kier molecular flexibility index (Phi) is 9.96. The van der Waals surface area contributed by atoms with E-state index in [4.69, 9.17) is 0 Å². The molecular formula is C12H25NO3. The molecule has 16 heavy (non-hydrogen) atoms. The highest BCUT2D eigenvalue weighted by molar-refractivity contribution is 5.88. The Bertz CT molecular complexity index is 210. The maximum absolute atomic E-state index is 11.2. The van der Waals surface area contributed by atoms with E-state index in [1.165, 1.54) is 14.0 Å². The van der Waals surface area contributed by atoms with E-state index in [9.17, 15) is 9.59 Å². The van der Waals surface area contributed by atoms with Gasteiger partial charge in [-0.05, 0) is 19.3 Å². The first-order valence-electron chi connectivity index (χ1n) is 5.98. The molecule has 0 aromatic carbocycles. The third kappa shape index (κ3) is 4.64. The van der Waals surface area contributed by atoms with Crippen molar-refractivity contribution in [2.45, 2.75) is 59.4 Å². The molecular weight excluding hydrogens is 206 g/mol. The number of hydrogen-bond donors (Lipinski definition) is 1. The Morgan fingerprint density at radius 1 is 1.12 bits per heavy atom. The second kappa shape index (κ2) is 9.19. The quantitative estimate of drug-likeness (QED) is 0.742. The van der Waals surface area contributed by atoms with Gasteiger partial charge in [-0.3, -0.25) is 4.79 Å². The molecule has 0 aromatic rings. The van der Waals surface area contributed by atoms with E-state index in [1.54, 1.807) is 0 Å². The van der Waals surface area contributed by atoms with Gasteiger partial charge in [-0.25, -0.2) is 4.79 Å². The molecule has 1 aliphatic rings. The lowest BCUT2D eigenvalue weighted by Crippen LogP contribution is -2.59. The van der Waals surface area contributed by atoms with Crippen molar-refractivity contribution in [2.75, 3.05) is 7.11 Å². The molecule has 0 bridgehead atoms. The van der Waals surface area contributed by atoms with Crippen molar-refractivity contribution < 1.29 is 14.3 Å². The normalized spacial score (nSPS) is 15.1. The molecule has 0 aliphatic heterocycles. The summed E-state index contributed by atoms with van der Waals surface area (Å²) in [5.74, 6) is -0.510. The van der Waals surface area contributed by atoms with E-state index in [1.807, 2.05) is 27.7 Å². The van der Waals surface area contributed by atoms with Crippen molar-refractivity contribution in [1.29, 1.82) is 0 Å². The van der Waals surface area contributed by atoms with Gasteiger partial charge in [0.05, 0.1) is 7.11 Å². The highest BCUT2D eigenvalue weighted by Crippen LogP contribution is 2.32. The van der Waals surface area contributed by atoms with Gasteiger partial charge in [0.1, 0.15) is 5.54 Å². The van der Waals surface area contributed by atoms with Crippen molar-refractivity contribution >= 4 is 11.9 Å². The van der Waals surface area contributed by atoms with Crippen molar-refractivity contribution in [3.05, 3.63) is 0 Å². The first-order valence-corrected chi connectivity index (χ1v) is 5.98. The summed E-state index contributed by atoms with van der Waals surface area (Å²) in [6.07, 6.45) is 2.36. The Labute approximate surface area is 98.7 Å². The third-order valence-corrected chi connectivity index (χ3v) is 2.20. The summed E-state index contributed by atoms with van der Waals surface area (Å²) in [6.45, 7) is 9.41. The summed E-state index contributed by atoms with van der Waals surface area (Å²) in [6, 6.07) is 0. The van der Waals surface area contributed by atoms with Gasteiger partial charge in [0, 0.05) is 6.92 Å². The lowest BCUT2D eigenvalue weighted by atomic mass is 9.76. The predicted molar refractivity (Wildman–Crippen MR) is 65.1 cm³/mol. The molecule has 0 aromatic heterocycles. The molecule has 0 spiro atoms. The van der Waals surface area contributed by atoms with Gasteiger partial charge in [-0.15, -0.1) is 0 Å². The Morgan fingerprint density at radius 3 is 1.75 bits per heavy atom. The zero-order valence-electron chi connectivity index (χ0n) is 11.3. The Balaban J connectivity index is 0. The summed E-state index contributed by atoms with van der Waals surface area (Å²) in [5, 5.41) is 2.63. The third-order valence-electron chi connectivity index (χ3n) is 2.20. The molecule has 0 radical (unpaired) electrons. The average molecular weight is 231 g/mol. The summed E-state index contributed by atoms with van der Waals surface area (Å²) >= 11 is 0. The second-order valence-electron chi connectivity index (χ2n) is 3.11. The van der Waals surface area contributed by atoms with Crippen LogP contribution in [-0.2, 0) is 14.3 Å². The molecule has 96 valence electrons. The van der Waals surface area contributed by atoms with Crippen LogP contribution < -0.4 is 5.32 Å². The lowest BCUT2D eigenvalue weighted by molar-refractivity contribution is -0.154. The first kappa shape index (κ1) is 17.3. The fourth-order valence-electron chi connectivity index (χ4n) is 1.44. The highest BCUT2D eigenvalue weighted by Gasteiger charge is 2.45. The molecule has 0 atom stereocenters. The van der Waals surface area contributed by atoms with Crippen LogP contribution in [0.5, 0.6) is 0 Å². The molecule has 1 fully saturated rings. The van der Waals surface area contributed by atoms with Gasteiger partial charge in [0.15, 0.2) is 0 Å². The van der Waals surface area contributed by atoms with Crippen LogP contribution in [0, 0.1) is 0 Å². The monoisotopic (exact) mass is 231 g/mol. The minimum absolute atomic E-state index is 0.180. The summed E-state index contributed by atoms with van der Waals surface area (Å²) in [7, 11) is 1.34. The number of carbonyl (C=O) groups excluding carboxylic acids is 2. The predicted octanol–water partition coefficient (Wildman–Crippen LogP) is 2.27. The Morgan fingerprint density at radius 2 is 1.56 bits per heavy atom. The molecule has 0 saturated heterocycles. The highest BCUT2D eigenvalue weighted by atomic mass is 16.5. The summed E-state index contributed by atoms with van der Waals surface area (Å²) in [5.41, 5.74) is -0.708. The van der Waals surface area contributed by atoms with Gasteiger partial charge in [0.25, 0.3) is 0 Å². The molecule has 4 nitrogen and oxygen atoms in total. The van der Waals surface area contributed by atoms with E-state index in [2.05, 4.69) is 10.1 Å². The van der Waals surface area contributed by atoms with Crippen LogP contribution in [0.15, 0.2) is 0 Å². The van der Waals surface area contributed by atoms with Crippen LogP contribution in [0.1, 0.15) is 53.9 Å². The van der Waals surface area contributed by atoms with Crippen LogP contribution in [0.4, 0.5) is 0 Å². The zero-order chi connectivity index (χ0) is 13.2. The van der Waals surface area contributed by atoms with Gasteiger partial charge < -0.3 is 10.1 Å². The van der Waals surface area contributed by atoms with Crippen molar-refractivity contribution in [2.24, 2.45) is 0 Å². The number of ether oxygens (including phenoxy) is 1. The molecule has 1 aliphatic carbocycles. The largest absolute Gasteiger partial charge is 0.467 e. The number of carbonyl (C=O) groups is 2. The first-order chi connectivity index (χ1) is 7.60. The molecule has 4 heteroatoms. The molecule has 1 amide bonds. The van der Waals surface area contributed by atoms with E-state index >= 15 is 0 Å². The van der Waals surface area contributed by atoms with E-state index in [0.717, 1.165) is 6.42 Å². The molecule has 0 unspecified atom stereocenters. The van der Waals surface area contributed by atoms with E-state index in [0.29, 0.717) is 12.8 Å². The van der Waals surface area contributed by atoms with Gasteiger partial charge in [-0.2, -0.15) is 0 Å². The van der Waals surface area contributed by atoms with Crippen LogP contribution >= 0.6 is 0 Å². The lowest BCUT2D eigenvalue weighted by Gasteiger charge is -2.38. The van der Waals surface area contributed by atoms with Crippen LogP contribution in [0.25, 0.3) is 0 Å². The maximum Gasteiger partial charge on any atom is 0.331 e. The second-order valence-corrected chi connectivity index (χ2v) is 3.11. The fraction of sp³-hybridized carbons (Fsp3) is 0.833. The summed E-state index contributed by atoms with van der Waals surface area (Å²) in [4.78, 5) is 22.0. The minimum Gasteiger partial charge on any atom is -0.467 e. The van der Waals surface area contributed by atoms with Crippen LogP contribution in [0.3, 0.4) is 0 Å².